The predicted octanol–water partition coefficient (Wildman–Crippen LogP) is 3.23. The van der Waals surface area contributed by atoms with Crippen LogP contribution in [0.2, 0.25) is 5.02 Å². The van der Waals surface area contributed by atoms with Crippen molar-refractivity contribution in [2.75, 3.05) is 5.33 Å². The monoisotopic (exact) mass is 273 g/mol. The number of halogens is 2. The maximum absolute atomic E-state index is 5.80. The van der Waals surface area contributed by atoms with E-state index in [0.29, 0.717) is 0 Å². The zero-order valence-corrected chi connectivity index (χ0v) is 9.75. The van der Waals surface area contributed by atoms with Crippen molar-refractivity contribution in [3.8, 4) is 0 Å². The summed E-state index contributed by atoms with van der Waals surface area (Å²) in [5.41, 5.74) is 2.07. The van der Waals surface area contributed by atoms with Gasteiger partial charge in [-0.1, -0.05) is 44.8 Å². The minimum atomic E-state index is 0.167. The molecule has 1 heterocycles. The number of benzene rings is 1. The lowest BCUT2D eigenvalue weighted by Crippen LogP contribution is -2.09. The van der Waals surface area contributed by atoms with Crippen LogP contribution in [-0.2, 0) is 4.84 Å². The number of alkyl halides is 1. The van der Waals surface area contributed by atoms with Crippen molar-refractivity contribution >= 4 is 33.2 Å². The first-order chi connectivity index (χ1) is 6.79. The molecule has 0 aromatic heterocycles. The molecule has 2 rings (SSSR count). The Balaban J connectivity index is 2.13. The van der Waals surface area contributed by atoms with E-state index in [4.69, 9.17) is 16.4 Å². The Kier molecular flexibility index (Phi) is 3.08. The molecule has 0 fully saturated rings. The van der Waals surface area contributed by atoms with E-state index >= 15 is 0 Å². The van der Waals surface area contributed by atoms with Crippen molar-refractivity contribution in [2.45, 2.75) is 12.5 Å². The summed E-state index contributed by atoms with van der Waals surface area (Å²) in [7, 11) is 0. The Hall–Kier alpha value is -0.540. The lowest BCUT2D eigenvalue weighted by molar-refractivity contribution is 0.104. The fraction of sp³-hybridized carbons (Fsp3) is 0.300. The fourth-order valence-electron chi connectivity index (χ4n) is 1.32. The van der Waals surface area contributed by atoms with Gasteiger partial charge in [0.15, 0.2) is 0 Å². The van der Waals surface area contributed by atoms with Crippen LogP contribution in [0.15, 0.2) is 29.4 Å². The van der Waals surface area contributed by atoms with Crippen LogP contribution in [0.5, 0.6) is 0 Å². The van der Waals surface area contributed by atoms with Crippen molar-refractivity contribution in [3.05, 3.63) is 34.9 Å². The highest BCUT2D eigenvalue weighted by Gasteiger charge is 2.20. The molecular formula is C10H9BrClNO. The highest BCUT2D eigenvalue weighted by atomic mass is 79.9. The van der Waals surface area contributed by atoms with Crippen molar-refractivity contribution < 1.29 is 4.84 Å². The second kappa shape index (κ2) is 4.32. The van der Waals surface area contributed by atoms with E-state index in [2.05, 4.69) is 21.1 Å². The zero-order valence-electron chi connectivity index (χ0n) is 7.41. The van der Waals surface area contributed by atoms with Crippen LogP contribution >= 0.6 is 27.5 Å². The Morgan fingerprint density at radius 3 is 2.71 bits per heavy atom. The van der Waals surface area contributed by atoms with Gasteiger partial charge < -0.3 is 4.84 Å². The molecule has 0 radical (unpaired) electrons. The molecule has 0 saturated carbocycles. The van der Waals surface area contributed by atoms with Crippen LogP contribution in [0, 0.1) is 0 Å². The average Bonchev–Trinajstić information content (AvgIpc) is 2.67. The molecule has 14 heavy (non-hydrogen) atoms. The molecule has 2 nitrogen and oxygen atoms in total. The van der Waals surface area contributed by atoms with Crippen LogP contribution in [-0.4, -0.2) is 17.1 Å². The fourth-order valence-corrected chi connectivity index (χ4v) is 1.80. The third-order valence-corrected chi connectivity index (χ3v) is 3.06. The van der Waals surface area contributed by atoms with Gasteiger partial charge in [0.1, 0.15) is 6.10 Å². The number of hydrogen-bond acceptors (Lipinski definition) is 2. The predicted molar refractivity (Wildman–Crippen MR) is 61.3 cm³/mol. The van der Waals surface area contributed by atoms with Crippen LogP contribution in [0.4, 0.5) is 0 Å². The van der Waals surface area contributed by atoms with Gasteiger partial charge in [-0.15, -0.1) is 0 Å². The van der Waals surface area contributed by atoms with Gasteiger partial charge in [-0.2, -0.15) is 0 Å². The van der Waals surface area contributed by atoms with Crippen molar-refractivity contribution in [1.82, 2.24) is 0 Å². The molecule has 0 spiro atoms. The quantitative estimate of drug-likeness (QED) is 0.759. The SMILES string of the molecule is Clc1ccc(C2=NO[C@@H](CBr)C2)cc1. The van der Waals surface area contributed by atoms with Gasteiger partial charge in [0.25, 0.3) is 0 Å². The van der Waals surface area contributed by atoms with Crippen LogP contribution in [0.1, 0.15) is 12.0 Å². The summed E-state index contributed by atoms with van der Waals surface area (Å²) in [5, 5.41) is 5.59. The zero-order chi connectivity index (χ0) is 9.97. The minimum Gasteiger partial charge on any atom is -0.391 e. The normalized spacial score (nSPS) is 20.4. The molecule has 1 aromatic rings. The van der Waals surface area contributed by atoms with Crippen molar-refractivity contribution in [2.24, 2.45) is 5.16 Å². The van der Waals surface area contributed by atoms with Crippen LogP contribution in [0.3, 0.4) is 0 Å². The Morgan fingerprint density at radius 2 is 2.14 bits per heavy atom. The standard InChI is InChI=1S/C10H9BrClNO/c11-6-9-5-10(13-14-9)7-1-3-8(12)4-2-7/h1-4,9H,5-6H2/t9-/m1/s1. The molecule has 0 bridgehead atoms. The lowest BCUT2D eigenvalue weighted by atomic mass is 10.1. The highest BCUT2D eigenvalue weighted by molar-refractivity contribution is 9.09. The topological polar surface area (TPSA) is 21.6 Å². The molecule has 0 saturated heterocycles. The summed E-state index contributed by atoms with van der Waals surface area (Å²) in [6.07, 6.45) is 1.02. The summed E-state index contributed by atoms with van der Waals surface area (Å²) in [4.78, 5) is 5.21. The number of nitrogens with zero attached hydrogens (tertiary/aromatic N) is 1. The molecule has 0 unspecified atom stereocenters. The molecule has 0 aliphatic carbocycles. The molecule has 4 heteroatoms. The van der Waals surface area contributed by atoms with Gasteiger partial charge >= 0.3 is 0 Å². The van der Waals surface area contributed by atoms with E-state index in [1.165, 1.54) is 0 Å². The molecule has 74 valence electrons. The van der Waals surface area contributed by atoms with Crippen LogP contribution < -0.4 is 0 Å². The van der Waals surface area contributed by atoms with E-state index in [-0.39, 0.29) is 6.10 Å². The van der Waals surface area contributed by atoms with Gasteiger partial charge in [-0.3, -0.25) is 0 Å². The Morgan fingerprint density at radius 1 is 1.43 bits per heavy atom. The molecule has 1 atom stereocenters. The summed E-state index contributed by atoms with van der Waals surface area (Å²) in [5.74, 6) is 0. The lowest BCUT2D eigenvalue weighted by Gasteiger charge is -2.01. The van der Waals surface area contributed by atoms with E-state index in [1.54, 1.807) is 0 Å². The number of rotatable bonds is 2. The minimum absolute atomic E-state index is 0.167. The van der Waals surface area contributed by atoms with Gasteiger partial charge in [0, 0.05) is 16.8 Å². The third kappa shape index (κ3) is 2.10. The molecule has 1 aromatic carbocycles. The average molecular weight is 275 g/mol. The van der Waals surface area contributed by atoms with Crippen molar-refractivity contribution in [3.63, 3.8) is 0 Å². The van der Waals surface area contributed by atoms with Gasteiger partial charge in [-0.25, -0.2) is 0 Å². The maximum Gasteiger partial charge on any atom is 0.142 e. The first-order valence-corrected chi connectivity index (χ1v) is 5.84. The summed E-state index contributed by atoms with van der Waals surface area (Å²) >= 11 is 9.16. The third-order valence-electron chi connectivity index (χ3n) is 2.08. The molecular weight excluding hydrogens is 265 g/mol. The first kappa shape index (κ1) is 9.99. The maximum atomic E-state index is 5.80. The second-order valence-corrected chi connectivity index (χ2v) is 4.21. The molecule has 0 N–H and O–H groups in total. The largest absolute Gasteiger partial charge is 0.391 e. The van der Waals surface area contributed by atoms with E-state index in [1.807, 2.05) is 24.3 Å². The van der Waals surface area contributed by atoms with Gasteiger partial charge in [0.2, 0.25) is 0 Å². The van der Waals surface area contributed by atoms with E-state index in [0.717, 1.165) is 28.0 Å². The van der Waals surface area contributed by atoms with Gasteiger partial charge in [0.05, 0.1) is 5.71 Å². The smallest absolute Gasteiger partial charge is 0.142 e. The Bertz CT molecular complexity index is 350. The van der Waals surface area contributed by atoms with E-state index in [9.17, 15) is 0 Å². The number of hydrogen-bond donors (Lipinski definition) is 0. The van der Waals surface area contributed by atoms with Crippen molar-refractivity contribution in [1.29, 1.82) is 0 Å². The van der Waals surface area contributed by atoms with E-state index < -0.39 is 0 Å². The summed E-state index contributed by atoms with van der Waals surface area (Å²) in [6, 6.07) is 7.64. The Labute approximate surface area is 96.0 Å². The van der Waals surface area contributed by atoms with Gasteiger partial charge in [-0.05, 0) is 17.7 Å². The molecule has 1 aliphatic heterocycles. The van der Waals surface area contributed by atoms with Crippen LogP contribution in [0.25, 0.3) is 0 Å². The molecule has 0 amide bonds. The highest BCUT2D eigenvalue weighted by Crippen LogP contribution is 2.19. The molecule has 1 aliphatic rings. The summed E-state index contributed by atoms with van der Waals surface area (Å²) in [6.45, 7) is 0. The second-order valence-electron chi connectivity index (χ2n) is 3.13. The summed E-state index contributed by atoms with van der Waals surface area (Å²) < 4.78 is 0. The number of oxime groups is 1. The first-order valence-electron chi connectivity index (χ1n) is 4.34.